The van der Waals surface area contributed by atoms with Gasteiger partial charge in [0.05, 0.1) is 11.9 Å². The van der Waals surface area contributed by atoms with E-state index < -0.39 is 9.05 Å². The molecule has 0 saturated heterocycles. The van der Waals surface area contributed by atoms with Gasteiger partial charge in [-0.3, -0.25) is 0 Å². The Bertz CT molecular complexity index is 619. The molecule has 0 bridgehead atoms. The number of hydrogen-bond acceptors (Lipinski definition) is 3. The fraction of sp³-hybridized carbons (Fsp3) is 0.100. The predicted molar refractivity (Wildman–Crippen MR) is 61.3 cm³/mol. The number of rotatable bonds is 2. The minimum atomic E-state index is -3.76. The van der Waals surface area contributed by atoms with Gasteiger partial charge in [0, 0.05) is 16.9 Å². The average molecular weight is 257 g/mol. The van der Waals surface area contributed by atoms with Gasteiger partial charge in [0.15, 0.2) is 0 Å². The first-order valence-corrected chi connectivity index (χ1v) is 6.85. The summed E-state index contributed by atoms with van der Waals surface area (Å²) in [5, 5.41) is 4.05. The smallest absolute Gasteiger partial charge is 0.239 e. The molecule has 0 fully saturated rings. The number of benzene rings is 1. The monoisotopic (exact) mass is 256 g/mol. The van der Waals surface area contributed by atoms with Crippen LogP contribution in [0.1, 0.15) is 5.56 Å². The van der Waals surface area contributed by atoms with E-state index in [4.69, 9.17) is 10.7 Å². The molecule has 0 aliphatic heterocycles. The molecule has 0 amide bonds. The summed E-state index contributed by atoms with van der Waals surface area (Å²) in [7, 11) is 1.59. The first-order valence-electron chi connectivity index (χ1n) is 4.54. The van der Waals surface area contributed by atoms with Crippen LogP contribution >= 0.6 is 10.7 Å². The second-order valence-corrected chi connectivity index (χ2v) is 5.90. The van der Waals surface area contributed by atoms with E-state index in [1.54, 1.807) is 30.6 Å². The van der Waals surface area contributed by atoms with E-state index in [0.29, 0.717) is 5.69 Å². The summed E-state index contributed by atoms with van der Waals surface area (Å²) in [6.45, 7) is 1.88. The van der Waals surface area contributed by atoms with Crippen molar-refractivity contribution >= 4 is 19.7 Å². The van der Waals surface area contributed by atoms with Gasteiger partial charge in [-0.1, -0.05) is 12.1 Å². The van der Waals surface area contributed by atoms with Crippen LogP contribution in [0.15, 0.2) is 41.6 Å². The zero-order chi connectivity index (χ0) is 11.8. The molecule has 2 rings (SSSR count). The van der Waals surface area contributed by atoms with E-state index in [1.165, 1.54) is 10.7 Å². The van der Waals surface area contributed by atoms with Crippen molar-refractivity contribution in [1.29, 1.82) is 0 Å². The summed E-state index contributed by atoms with van der Waals surface area (Å²) in [4.78, 5) is 0.0553. The fourth-order valence-electron chi connectivity index (χ4n) is 1.40. The minimum absolute atomic E-state index is 0.0553. The van der Waals surface area contributed by atoms with Crippen molar-refractivity contribution in [3.63, 3.8) is 0 Å². The molecule has 0 atom stereocenters. The molecule has 0 aliphatic carbocycles. The number of nitrogens with zero attached hydrogens (tertiary/aromatic N) is 2. The number of aryl methyl sites for hydroxylation is 1. The zero-order valence-corrected chi connectivity index (χ0v) is 10.0. The highest BCUT2D eigenvalue weighted by Crippen LogP contribution is 2.22. The maximum atomic E-state index is 11.4. The van der Waals surface area contributed by atoms with E-state index in [2.05, 4.69) is 5.10 Å². The Morgan fingerprint density at radius 3 is 2.56 bits per heavy atom. The molecule has 1 aromatic carbocycles. The Hall–Kier alpha value is -1.33. The van der Waals surface area contributed by atoms with Crippen LogP contribution in [0.25, 0.3) is 5.69 Å². The maximum absolute atomic E-state index is 11.4. The molecule has 6 heteroatoms. The van der Waals surface area contributed by atoms with Crippen molar-refractivity contribution in [3.8, 4) is 5.69 Å². The van der Waals surface area contributed by atoms with Crippen molar-refractivity contribution in [2.45, 2.75) is 11.8 Å². The van der Waals surface area contributed by atoms with Gasteiger partial charge in [0.25, 0.3) is 9.05 Å². The fourth-order valence-corrected chi connectivity index (χ4v) is 2.44. The summed E-state index contributed by atoms with van der Waals surface area (Å²) in [5.74, 6) is 0. The minimum Gasteiger partial charge on any atom is -0.239 e. The molecule has 0 saturated carbocycles. The SMILES string of the molecule is Cc1cnn(-c2ccccc2S(=O)(=O)Cl)c1. The third-order valence-electron chi connectivity index (χ3n) is 2.09. The van der Waals surface area contributed by atoms with Crippen molar-refractivity contribution in [2.24, 2.45) is 0 Å². The third kappa shape index (κ3) is 2.10. The van der Waals surface area contributed by atoms with Crippen LogP contribution < -0.4 is 0 Å². The molecule has 84 valence electrons. The lowest BCUT2D eigenvalue weighted by Gasteiger charge is -2.05. The van der Waals surface area contributed by atoms with Crippen LogP contribution in [0.2, 0.25) is 0 Å². The van der Waals surface area contributed by atoms with Crippen molar-refractivity contribution in [2.75, 3.05) is 0 Å². The lowest BCUT2D eigenvalue weighted by Crippen LogP contribution is -2.02. The molecule has 16 heavy (non-hydrogen) atoms. The Morgan fingerprint density at radius 2 is 2.00 bits per heavy atom. The van der Waals surface area contributed by atoms with Gasteiger partial charge < -0.3 is 0 Å². The lowest BCUT2D eigenvalue weighted by molar-refractivity contribution is 0.608. The van der Waals surface area contributed by atoms with Crippen molar-refractivity contribution < 1.29 is 8.42 Å². The van der Waals surface area contributed by atoms with Gasteiger partial charge in [-0.2, -0.15) is 5.10 Å². The van der Waals surface area contributed by atoms with Crippen LogP contribution in [0.5, 0.6) is 0 Å². The van der Waals surface area contributed by atoms with Crippen LogP contribution in [-0.2, 0) is 9.05 Å². The number of hydrogen-bond donors (Lipinski definition) is 0. The quantitative estimate of drug-likeness (QED) is 0.774. The number of para-hydroxylation sites is 1. The van der Waals surface area contributed by atoms with E-state index in [9.17, 15) is 8.42 Å². The summed E-state index contributed by atoms with van der Waals surface area (Å²) in [6, 6.07) is 6.46. The highest BCUT2D eigenvalue weighted by atomic mass is 35.7. The van der Waals surface area contributed by atoms with Gasteiger partial charge in [-0.15, -0.1) is 0 Å². The average Bonchev–Trinajstić information content (AvgIpc) is 2.64. The van der Waals surface area contributed by atoms with Crippen LogP contribution in [0.4, 0.5) is 0 Å². The molecule has 0 unspecified atom stereocenters. The number of halogens is 1. The second kappa shape index (κ2) is 3.92. The largest absolute Gasteiger partial charge is 0.263 e. The molecule has 0 radical (unpaired) electrons. The maximum Gasteiger partial charge on any atom is 0.263 e. The second-order valence-electron chi connectivity index (χ2n) is 3.37. The molecular formula is C10H9ClN2O2S. The standard InChI is InChI=1S/C10H9ClN2O2S/c1-8-6-12-13(7-8)9-4-2-3-5-10(9)16(11,14)15/h2-7H,1H3. The highest BCUT2D eigenvalue weighted by Gasteiger charge is 2.16. The molecule has 0 N–H and O–H groups in total. The summed E-state index contributed by atoms with van der Waals surface area (Å²) >= 11 is 0. The van der Waals surface area contributed by atoms with Gasteiger partial charge in [0.2, 0.25) is 0 Å². The third-order valence-corrected chi connectivity index (χ3v) is 3.46. The van der Waals surface area contributed by atoms with E-state index in [1.807, 2.05) is 6.92 Å². The topological polar surface area (TPSA) is 52.0 Å². The molecule has 1 aromatic heterocycles. The van der Waals surface area contributed by atoms with Gasteiger partial charge in [0.1, 0.15) is 4.90 Å². The summed E-state index contributed by atoms with van der Waals surface area (Å²) in [6.07, 6.45) is 3.39. The molecule has 0 spiro atoms. The Kier molecular flexibility index (Phi) is 2.73. The lowest BCUT2D eigenvalue weighted by atomic mass is 10.3. The summed E-state index contributed by atoms with van der Waals surface area (Å²) in [5.41, 5.74) is 1.40. The Morgan fingerprint density at radius 1 is 1.31 bits per heavy atom. The van der Waals surface area contributed by atoms with Crippen molar-refractivity contribution in [3.05, 3.63) is 42.2 Å². The van der Waals surface area contributed by atoms with E-state index in [0.717, 1.165) is 5.56 Å². The summed E-state index contributed by atoms with van der Waals surface area (Å²) < 4.78 is 24.2. The van der Waals surface area contributed by atoms with Gasteiger partial charge in [-0.05, 0) is 24.6 Å². The van der Waals surface area contributed by atoms with Crippen LogP contribution in [-0.4, -0.2) is 18.2 Å². The zero-order valence-electron chi connectivity index (χ0n) is 8.46. The molecule has 0 aliphatic rings. The van der Waals surface area contributed by atoms with Gasteiger partial charge >= 0.3 is 0 Å². The first-order chi connectivity index (χ1) is 7.48. The molecule has 4 nitrogen and oxygen atoms in total. The Balaban J connectivity index is 2.66. The first kappa shape index (κ1) is 11.2. The van der Waals surface area contributed by atoms with Crippen LogP contribution in [0.3, 0.4) is 0 Å². The molecule has 2 aromatic rings. The normalized spacial score (nSPS) is 11.6. The van der Waals surface area contributed by atoms with Gasteiger partial charge in [-0.25, -0.2) is 13.1 Å². The van der Waals surface area contributed by atoms with Crippen LogP contribution in [0, 0.1) is 6.92 Å². The van der Waals surface area contributed by atoms with E-state index in [-0.39, 0.29) is 4.90 Å². The molecular weight excluding hydrogens is 248 g/mol. The van der Waals surface area contributed by atoms with E-state index >= 15 is 0 Å². The number of aromatic nitrogens is 2. The predicted octanol–water partition coefficient (Wildman–Crippen LogP) is 2.11. The van der Waals surface area contributed by atoms with Crippen molar-refractivity contribution in [1.82, 2.24) is 9.78 Å². The Labute approximate surface area is 97.9 Å². The highest BCUT2D eigenvalue weighted by molar-refractivity contribution is 8.13. The molecule has 1 heterocycles.